The SMILES string of the molecule is Cc1ccc([C@@H](C)[C@H](O)C(=O)NC(C)C)cc1. The number of rotatable bonds is 4. The number of aliphatic hydroxyl groups is 1. The van der Waals surface area contributed by atoms with Crippen molar-refractivity contribution in [1.82, 2.24) is 5.32 Å². The van der Waals surface area contributed by atoms with Crippen LogP contribution in [0.1, 0.15) is 37.8 Å². The van der Waals surface area contributed by atoms with Crippen LogP contribution in [0.25, 0.3) is 0 Å². The van der Waals surface area contributed by atoms with E-state index >= 15 is 0 Å². The molecule has 0 spiro atoms. The quantitative estimate of drug-likeness (QED) is 0.838. The molecular weight excluding hydrogens is 214 g/mol. The highest BCUT2D eigenvalue weighted by atomic mass is 16.3. The van der Waals surface area contributed by atoms with Gasteiger partial charge in [0.15, 0.2) is 0 Å². The molecule has 2 atom stereocenters. The van der Waals surface area contributed by atoms with Gasteiger partial charge in [-0.15, -0.1) is 0 Å². The highest BCUT2D eigenvalue weighted by Crippen LogP contribution is 2.19. The van der Waals surface area contributed by atoms with Crippen LogP contribution < -0.4 is 5.32 Å². The predicted octanol–water partition coefficient (Wildman–Crippen LogP) is 1.98. The molecule has 1 rings (SSSR count). The second kappa shape index (κ2) is 5.82. The Labute approximate surface area is 103 Å². The lowest BCUT2D eigenvalue weighted by Crippen LogP contribution is -2.41. The molecule has 1 aromatic carbocycles. The lowest BCUT2D eigenvalue weighted by molar-refractivity contribution is -0.130. The first-order chi connectivity index (χ1) is 7.91. The summed E-state index contributed by atoms with van der Waals surface area (Å²) < 4.78 is 0. The molecule has 0 aliphatic carbocycles. The van der Waals surface area contributed by atoms with E-state index in [1.165, 1.54) is 5.56 Å². The zero-order chi connectivity index (χ0) is 13.0. The van der Waals surface area contributed by atoms with E-state index in [2.05, 4.69) is 5.32 Å². The standard InChI is InChI=1S/C14H21NO2/c1-9(2)15-14(17)13(16)11(4)12-7-5-10(3)6-8-12/h5-9,11,13,16H,1-4H3,(H,15,17)/t11-,13+/m1/s1. The van der Waals surface area contributed by atoms with Crippen LogP contribution in [0.2, 0.25) is 0 Å². The third-order valence-electron chi connectivity index (χ3n) is 2.78. The fraction of sp³-hybridized carbons (Fsp3) is 0.500. The molecule has 0 fully saturated rings. The van der Waals surface area contributed by atoms with Crippen molar-refractivity contribution in [2.45, 2.75) is 45.8 Å². The number of amides is 1. The van der Waals surface area contributed by atoms with E-state index in [0.29, 0.717) is 0 Å². The summed E-state index contributed by atoms with van der Waals surface area (Å²) in [5.74, 6) is -0.512. The van der Waals surface area contributed by atoms with Crippen LogP contribution in [0.4, 0.5) is 0 Å². The minimum absolute atomic E-state index is 0.0439. The largest absolute Gasteiger partial charge is 0.383 e. The number of carbonyl (C=O) groups is 1. The Morgan fingerprint density at radius 1 is 1.18 bits per heavy atom. The monoisotopic (exact) mass is 235 g/mol. The van der Waals surface area contributed by atoms with E-state index in [9.17, 15) is 9.90 Å². The third-order valence-corrected chi connectivity index (χ3v) is 2.78. The number of aliphatic hydroxyl groups excluding tert-OH is 1. The topological polar surface area (TPSA) is 49.3 Å². The number of nitrogens with one attached hydrogen (secondary N) is 1. The Kier molecular flexibility index (Phi) is 4.70. The number of benzene rings is 1. The fourth-order valence-electron chi connectivity index (χ4n) is 1.65. The van der Waals surface area contributed by atoms with Crippen molar-refractivity contribution >= 4 is 5.91 Å². The number of hydrogen-bond acceptors (Lipinski definition) is 2. The smallest absolute Gasteiger partial charge is 0.249 e. The van der Waals surface area contributed by atoms with Gasteiger partial charge in [0.1, 0.15) is 6.10 Å². The maximum absolute atomic E-state index is 11.7. The summed E-state index contributed by atoms with van der Waals surface area (Å²) in [6, 6.07) is 7.91. The molecule has 0 aliphatic heterocycles. The molecule has 94 valence electrons. The normalized spacial score (nSPS) is 14.5. The zero-order valence-corrected chi connectivity index (χ0v) is 10.9. The highest BCUT2D eigenvalue weighted by Gasteiger charge is 2.23. The molecule has 3 nitrogen and oxygen atoms in total. The van der Waals surface area contributed by atoms with Gasteiger partial charge in [-0.1, -0.05) is 36.8 Å². The summed E-state index contributed by atoms with van der Waals surface area (Å²) in [6.07, 6.45) is -1.000. The summed E-state index contributed by atoms with van der Waals surface area (Å²) in [5, 5.41) is 12.7. The predicted molar refractivity (Wildman–Crippen MR) is 68.9 cm³/mol. The Balaban J connectivity index is 2.72. The first kappa shape index (κ1) is 13.7. The molecule has 0 heterocycles. The molecule has 0 aromatic heterocycles. The van der Waals surface area contributed by atoms with Crippen molar-refractivity contribution in [3.63, 3.8) is 0 Å². The molecular formula is C14H21NO2. The number of hydrogen-bond donors (Lipinski definition) is 2. The van der Waals surface area contributed by atoms with E-state index in [1.54, 1.807) is 0 Å². The molecule has 0 aliphatic rings. The number of aryl methyl sites for hydroxylation is 1. The van der Waals surface area contributed by atoms with Gasteiger partial charge >= 0.3 is 0 Å². The third kappa shape index (κ3) is 3.86. The van der Waals surface area contributed by atoms with Crippen molar-refractivity contribution in [3.8, 4) is 0 Å². The summed E-state index contributed by atoms with van der Waals surface area (Å²) >= 11 is 0. The zero-order valence-electron chi connectivity index (χ0n) is 10.9. The van der Waals surface area contributed by atoms with Crippen molar-refractivity contribution in [1.29, 1.82) is 0 Å². The van der Waals surface area contributed by atoms with Gasteiger partial charge in [0.25, 0.3) is 0 Å². The summed E-state index contributed by atoms with van der Waals surface area (Å²) in [5.41, 5.74) is 2.14. The van der Waals surface area contributed by atoms with Gasteiger partial charge in [-0.3, -0.25) is 4.79 Å². The summed E-state index contributed by atoms with van der Waals surface area (Å²) in [7, 11) is 0. The molecule has 1 amide bonds. The maximum atomic E-state index is 11.7. The highest BCUT2D eigenvalue weighted by molar-refractivity contribution is 5.81. The molecule has 1 aromatic rings. The van der Waals surface area contributed by atoms with E-state index in [0.717, 1.165) is 5.56 Å². The Bertz CT molecular complexity index is 370. The Morgan fingerprint density at radius 3 is 2.18 bits per heavy atom. The first-order valence-corrected chi connectivity index (χ1v) is 5.97. The van der Waals surface area contributed by atoms with E-state index < -0.39 is 6.10 Å². The van der Waals surface area contributed by atoms with E-state index in [-0.39, 0.29) is 17.9 Å². The van der Waals surface area contributed by atoms with E-state index in [1.807, 2.05) is 52.0 Å². The minimum Gasteiger partial charge on any atom is -0.383 e. The second-order valence-corrected chi connectivity index (χ2v) is 4.81. The van der Waals surface area contributed by atoms with E-state index in [4.69, 9.17) is 0 Å². The second-order valence-electron chi connectivity index (χ2n) is 4.81. The van der Waals surface area contributed by atoms with Crippen molar-refractivity contribution < 1.29 is 9.90 Å². The van der Waals surface area contributed by atoms with Crippen molar-refractivity contribution in [2.24, 2.45) is 0 Å². The Morgan fingerprint density at radius 2 is 1.71 bits per heavy atom. The van der Waals surface area contributed by atoms with Crippen molar-refractivity contribution in [2.75, 3.05) is 0 Å². The van der Waals surface area contributed by atoms with Gasteiger partial charge in [-0.2, -0.15) is 0 Å². The molecule has 17 heavy (non-hydrogen) atoms. The van der Waals surface area contributed by atoms with Gasteiger partial charge in [-0.25, -0.2) is 0 Å². The molecule has 3 heteroatoms. The lowest BCUT2D eigenvalue weighted by atomic mass is 9.94. The number of carbonyl (C=O) groups excluding carboxylic acids is 1. The van der Waals surface area contributed by atoms with Gasteiger partial charge in [0, 0.05) is 12.0 Å². The lowest BCUT2D eigenvalue weighted by Gasteiger charge is -2.20. The minimum atomic E-state index is -1.000. The maximum Gasteiger partial charge on any atom is 0.249 e. The van der Waals surface area contributed by atoms with Crippen LogP contribution >= 0.6 is 0 Å². The molecule has 0 bridgehead atoms. The molecule has 2 N–H and O–H groups in total. The summed E-state index contributed by atoms with van der Waals surface area (Å²) in [4.78, 5) is 11.7. The average molecular weight is 235 g/mol. The van der Waals surface area contributed by atoms with Crippen LogP contribution in [-0.4, -0.2) is 23.2 Å². The van der Waals surface area contributed by atoms with Gasteiger partial charge in [0.2, 0.25) is 5.91 Å². The molecule has 0 saturated carbocycles. The van der Waals surface area contributed by atoms with Gasteiger partial charge in [0.05, 0.1) is 0 Å². The van der Waals surface area contributed by atoms with Gasteiger partial charge in [-0.05, 0) is 26.3 Å². The van der Waals surface area contributed by atoms with Crippen LogP contribution in [0.15, 0.2) is 24.3 Å². The first-order valence-electron chi connectivity index (χ1n) is 5.97. The molecule has 0 unspecified atom stereocenters. The van der Waals surface area contributed by atoms with Crippen LogP contribution in [0, 0.1) is 6.92 Å². The molecule has 0 radical (unpaired) electrons. The van der Waals surface area contributed by atoms with Crippen LogP contribution in [0.3, 0.4) is 0 Å². The fourth-order valence-corrected chi connectivity index (χ4v) is 1.65. The molecule has 0 saturated heterocycles. The van der Waals surface area contributed by atoms with Crippen LogP contribution in [0.5, 0.6) is 0 Å². The average Bonchev–Trinajstić information content (AvgIpc) is 2.27. The Hall–Kier alpha value is -1.35. The van der Waals surface area contributed by atoms with Gasteiger partial charge < -0.3 is 10.4 Å². The summed E-state index contributed by atoms with van der Waals surface area (Å²) in [6.45, 7) is 7.62. The van der Waals surface area contributed by atoms with Crippen LogP contribution in [-0.2, 0) is 4.79 Å². The van der Waals surface area contributed by atoms with Crippen molar-refractivity contribution in [3.05, 3.63) is 35.4 Å².